The van der Waals surface area contributed by atoms with E-state index >= 15 is 0 Å². The van der Waals surface area contributed by atoms with Gasteiger partial charge in [-0.05, 0) is 19.0 Å². The predicted molar refractivity (Wildman–Crippen MR) is 77.4 cm³/mol. The van der Waals surface area contributed by atoms with Gasteiger partial charge < -0.3 is 5.32 Å². The van der Waals surface area contributed by atoms with Crippen LogP contribution >= 0.6 is 0 Å². The average Bonchev–Trinajstić information content (AvgIpc) is 2.99. The molecule has 2 aromatic rings. The minimum Gasteiger partial charge on any atom is -0.315 e. The summed E-state index contributed by atoms with van der Waals surface area (Å²) in [5.74, 6) is 0. The van der Waals surface area contributed by atoms with Crippen LogP contribution in [0.5, 0.6) is 0 Å². The predicted octanol–water partition coefficient (Wildman–Crippen LogP) is -0.0650. The molecule has 7 nitrogen and oxygen atoms in total. The second kappa shape index (κ2) is 5.35. The zero-order chi connectivity index (χ0) is 15.0. The van der Waals surface area contributed by atoms with Crippen LogP contribution < -0.4 is 10.9 Å². The first kappa shape index (κ1) is 13.9. The monoisotopic (exact) mass is 303 g/mol. The summed E-state index contributed by atoms with van der Waals surface area (Å²) in [6.07, 6.45) is 3.79. The van der Waals surface area contributed by atoms with E-state index in [2.05, 4.69) is 15.3 Å². The average molecular weight is 303 g/mol. The molecule has 2 aromatic heterocycles. The Morgan fingerprint density at radius 2 is 2.38 bits per heavy atom. The quantitative estimate of drug-likeness (QED) is 0.780. The molecule has 21 heavy (non-hydrogen) atoms. The molecule has 1 unspecified atom stereocenters. The molecule has 0 spiro atoms. The van der Waals surface area contributed by atoms with Crippen LogP contribution in [0.15, 0.2) is 22.2 Å². The molecule has 1 N–H and O–H groups in total. The van der Waals surface area contributed by atoms with Crippen LogP contribution in [0.1, 0.15) is 18.0 Å². The van der Waals surface area contributed by atoms with Crippen LogP contribution in [0, 0.1) is 11.3 Å². The summed E-state index contributed by atoms with van der Waals surface area (Å²) in [7, 11) is -1.33. The second-order valence-corrected chi connectivity index (χ2v) is 6.15. The van der Waals surface area contributed by atoms with Crippen molar-refractivity contribution in [1.29, 1.82) is 5.26 Å². The van der Waals surface area contributed by atoms with E-state index in [1.807, 2.05) is 6.07 Å². The number of nitrogens with one attached hydrogen (secondary N) is 1. The van der Waals surface area contributed by atoms with Crippen molar-refractivity contribution >= 4 is 21.8 Å². The minimum absolute atomic E-state index is 0.0543. The van der Waals surface area contributed by atoms with Crippen LogP contribution in [-0.2, 0) is 10.8 Å². The highest BCUT2D eigenvalue weighted by Crippen LogP contribution is 2.20. The number of nitriles is 1. The lowest BCUT2D eigenvalue weighted by molar-refractivity contribution is 0.540. The molecular formula is C13H13N5O2S. The topological polar surface area (TPSA) is 101 Å². The van der Waals surface area contributed by atoms with Gasteiger partial charge in [0.15, 0.2) is 0 Å². The molecule has 0 amide bonds. The summed E-state index contributed by atoms with van der Waals surface area (Å²) < 4.78 is 13.1. The highest BCUT2D eigenvalue weighted by molar-refractivity contribution is 7.84. The fourth-order valence-corrected chi connectivity index (χ4v) is 2.94. The minimum atomic E-state index is -1.33. The van der Waals surface area contributed by atoms with E-state index in [4.69, 9.17) is 5.26 Å². The summed E-state index contributed by atoms with van der Waals surface area (Å²) in [5.41, 5.74) is 0.154. The second-order valence-electron chi connectivity index (χ2n) is 4.88. The summed E-state index contributed by atoms with van der Waals surface area (Å²) in [6.45, 7) is 1.46. The van der Waals surface area contributed by atoms with Crippen molar-refractivity contribution < 1.29 is 4.21 Å². The van der Waals surface area contributed by atoms with Crippen molar-refractivity contribution in [3.63, 3.8) is 0 Å². The van der Waals surface area contributed by atoms with Crippen molar-refractivity contribution in [3.05, 3.63) is 28.2 Å². The van der Waals surface area contributed by atoms with E-state index in [-0.39, 0.29) is 22.3 Å². The normalized spacial score (nSPS) is 19.5. The molecule has 0 aromatic carbocycles. The van der Waals surface area contributed by atoms with E-state index in [1.165, 1.54) is 23.1 Å². The van der Waals surface area contributed by atoms with E-state index in [9.17, 15) is 9.00 Å². The van der Waals surface area contributed by atoms with Crippen molar-refractivity contribution in [2.45, 2.75) is 17.6 Å². The van der Waals surface area contributed by atoms with Gasteiger partial charge in [0.2, 0.25) is 5.16 Å². The first-order valence-electron chi connectivity index (χ1n) is 6.48. The van der Waals surface area contributed by atoms with Gasteiger partial charge in [-0.15, -0.1) is 0 Å². The molecule has 2 atom stereocenters. The van der Waals surface area contributed by atoms with Gasteiger partial charge in [-0.3, -0.25) is 13.6 Å². The summed E-state index contributed by atoms with van der Waals surface area (Å²) in [5, 5.41) is 13.1. The summed E-state index contributed by atoms with van der Waals surface area (Å²) in [4.78, 5) is 20.8. The Labute approximate surface area is 123 Å². The third-order valence-corrected chi connectivity index (χ3v) is 4.24. The van der Waals surface area contributed by atoms with Crippen molar-refractivity contribution in [2.75, 3.05) is 19.3 Å². The molecule has 0 bridgehead atoms. The third kappa shape index (κ3) is 2.34. The highest BCUT2D eigenvalue weighted by atomic mass is 32.2. The molecule has 1 fully saturated rings. The van der Waals surface area contributed by atoms with Gasteiger partial charge in [-0.1, -0.05) is 0 Å². The molecule has 3 rings (SSSR count). The Kier molecular flexibility index (Phi) is 3.53. The van der Waals surface area contributed by atoms with Gasteiger partial charge in [0, 0.05) is 24.4 Å². The number of aromatic nitrogens is 3. The molecule has 1 aliphatic heterocycles. The largest absolute Gasteiger partial charge is 0.315 e. The van der Waals surface area contributed by atoms with Crippen molar-refractivity contribution in [1.82, 2.24) is 19.9 Å². The lowest BCUT2D eigenvalue weighted by atomic mass is 10.2. The van der Waals surface area contributed by atoms with E-state index in [0.717, 1.165) is 13.0 Å². The van der Waals surface area contributed by atoms with Gasteiger partial charge in [0.1, 0.15) is 17.3 Å². The third-order valence-electron chi connectivity index (χ3n) is 3.53. The molecule has 0 aliphatic carbocycles. The molecular weight excluding hydrogens is 290 g/mol. The molecule has 0 saturated carbocycles. The number of hydrogen-bond donors (Lipinski definition) is 1. The number of hydrogen-bond acceptors (Lipinski definition) is 6. The van der Waals surface area contributed by atoms with E-state index in [0.29, 0.717) is 17.6 Å². The number of rotatable bonds is 2. The van der Waals surface area contributed by atoms with Crippen LogP contribution in [-0.4, -0.2) is 38.1 Å². The van der Waals surface area contributed by atoms with E-state index in [1.54, 1.807) is 0 Å². The molecule has 1 aliphatic rings. The zero-order valence-electron chi connectivity index (χ0n) is 11.4. The van der Waals surface area contributed by atoms with Gasteiger partial charge >= 0.3 is 0 Å². The first-order valence-corrected chi connectivity index (χ1v) is 8.04. The molecule has 1 saturated heterocycles. The maximum absolute atomic E-state index is 12.5. The van der Waals surface area contributed by atoms with Crippen LogP contribution in [0.4, 0.5) is 0 Å². The number of fused-ring (bicyclic) bond motifs is 1. The molecule has 0 radical (unpaired) electrons. The standard InChI is InChI=1S/C13H13N5O2S/c1-21(20)13-16-6-9-4-8(5-14)12(19)18(11(9)17-13)10-2-3-15-7-10/h4,6,10,15H,2-3,7H2,1H3/t10-,21?/m0/s1. The first-order chi connectivity index (χ1) is 10.1. The van der Waals surface area contributed by atoms with Crippen LogP contribution in [0.25, 0.3) is 11.0 Å². The van der Waals surface area contributed by atoms with Crippen LogP contribution in [0.2, 0.25) is 0 Å². The summed E-state index contributed by atoms with van der Waals surface area (Å²) in [6, 6.07) is 3.35. The molecule has 3 heterocycles. The number of pyridine rings is 1. The fraction of sp³-hybridized carbons (Fsp3) is 0.385. The Hall–Kier alpha value is -2.11. The Morgan fingerprint density at radius 3 is 3.00 bits per heavy atom. The number of nitrogens with zero attached hydrogens (tertiary/aromatic N) is 4. The smallest absolute Gasteiger partial charge is 0.270 e. The van der Waals surface area contributed by atoms with Crippen molar-refractivity contribution in [2.24, 2.45) is 0 Å². The summed E-state index contributed by atoms with van der Waals surface area (Å²) >= 11 is 0. The van der Waals surface area contributed by atoms with Gasteiger partial charge in [-0.25, -0.2) is 9.97 Å². The lowest BCUT2D eigenvalue weighted by Crippen LogP contribution is -2.29. The van der Waals surface area contributed by atoms with Crippen molar-refractivity contribution in [3.8, 4) is 6.07 Å². The lowest BCUT2D eigenvalue weighted by Gasteiger charge is -2.16. The molecule has 108 valence electrons. The van der Waals surface area contributed by atoms with Crippen LogP contribution in [0.3, 0.4) is 0 Å². The molecule has 8 heteroatoms. The van der Waals surface area contributed by atoms with Gasteiger partial charge in [-0.2, -0.15) is 5.26 Å². The van der Waals surface area contributed by atoms with Gasteiger partial charge in [0.05, 0.1) is 16.8 Å². The maximum Gasteiger partial charge on any atom is 0.270 e. The maximum atomic E-state index is 12.5. The SMILES string of the molecule is CS(=O)c1ncc2cc(C#N)c(=O)n([C@H]3CCNC3)c2n1. The highest BCUT2D eigenvalue weighted by Gasteiger charge is 2.22. The Balaban J connectivity index is 2.36. The zero-order valence-corrected chi connectivity index (χ0v) is 12.2. The van der Waals surface area contributed by atoms with E-state index < -0.39 is 10.8 Å². The van der Waals surface area contributed by atoms with Gasteiger partial charge in [0.25, 0.3) is 5.56 Å². The fourth-order valence-electron chi connectivity index (χ4n) is 2.52. The Morgan fingerprint density at radius 1 is 1.57 bits per heavy atom. The Bertz CT molecular complexity index is 833.